The number of nitrogens with zero attached hydrogens (tertiary/aromatic N) is 3. The maximum absolute atomic E-state index is 13.1. The number of urea groups is 1. The molecule has 0 bridgehead atoms. The van der Waals surface area contributed by atoms with Gasteiger partial charge in [-0.2, -0.15) is 13.2 Å². The predicted molar refractivity (Wildman–Crippen MR) is 98.6 cm³/mol. The fraction of sp³-hybridized carbons (Fsp3) is 0.353. The number of carbonyl (C=O) groups excluding carboxylic acids is 1. The Labute approximate surface area is 164 Å². The van der Waals surface area contributed by atoms with Gasteiger partial charge in [0.2, 0.25) is 5.28 Å². The molecular weight excluding hydrogens is 397 g/mol. The molecule has 0 spiro atoms. The molecule has 1 aromatic heterocycles. The van der Waals surface area contributed by atoms with Crippen LogP contribution in [-0.4, -0.2) is 27.9 Å². The van der Waals surface area contributed by atoms with Crippen LogP contribution in [0.3, 0.4) is 0 Å². The number of fused-ring (bicyclic) bond motifs is 1. The van der Waals surface area contributed by atoms with Gasteiger partial charge in [0, 0.05) is 18.3 Å². The maximum atomic E-state index is 13.1. The zero-order valence-corrected chi connectivity index (χ0v) is 15.8. The van der Waals surface area contributed by atoms with E-state index in [-0.39, 0.29) is 30.1 Å². The minimum Gasteiger partial charge on any atom is -0.399 e. The monoisotopic (exact) mass is 414 g/mol. The minimum absolute atomic E-state index is 0.00946. The molecule has 0 radical (unpaired) electrons. The molecule has 0 saturated heterocycles. The third-order valence-electron chi connectivity index (χ3n) is 4.41. The number of carbonyl (C=O) groups is 1. The molecule has 0 aliphatic carbocycles. The molecule has 2 heterocycles. The van der Waals surface area contributed by atoms with E-state index in [2.05, 4.69) is 20.6 Å². The summed E-state index contributed by atoms with van der Waals surface area (Å²) in [7, 11) is 1.52. The van der Waals surface area contributed by atoms with Gasteiger partial charge in [0.1, 0.15) is 5.82 Å². The van der Waals surface area contributed by atoms with Gasteiger partial charge in [-0.15, -0.1) is 0 Å². The Bertz CT molecular complexity index is 920. The highest BCUT2D eigenvalue weighted by Gasteiger charge is 2.32. The minimum atomic E-state index is -4.50. The van der Waals surface area contributed by atoms with Crippen LogP contribution in [0, 0.1) is 0 Å². The second kappa shape index (κ2) is 7.34. The van der Waals surface area contributed by atoms with Crippen molar-refractivity contribution in [2.45, 2.75) is 32.2 Å². The predicted octanol–water partition coefficient (Wildman–Crippen LogP) is 3.56. The van der Waals surface area contributed by atoms with Crippen molar-refractivity contribution in [3.05, 3.63) is 45.9 Å². The van der Waals surface area contributed by atoms with Crippen molar-refractivity contribution in [3.63, 3.8) is 0 Å². The fourth-order valence-electron chi connectivity index (χ4n) is 3.02. The summed E-state index contributed by atoms with van der Waals surface area (Å²) >= 11 is 5.98. The molecule has 0 saturated carbocycles. The summed E-state index contributed by atoms with van der Waals surface area (Å²) in [5.74, 6) is 0.366. The number of nitrogen functional groups attached to an aromatic ring is 1. The largest absolute Gasteiger partial charge is 0.416 e. The molecule has 11 heteroatoms. The Morgan fingerprint density at radius 2 is 2.00 bits per heavy atom. The molecule has 2 amide bonds. The lowest BCUT2D eigenvalue weighted by Gasteiger charge is -2.19. The van der Waals surface area contributed by atoms with Crippen molar-refractivity contribution in [1.82, 2.24) is 20.2 Å². The van der Waals surface area contributed by atoms with Crippen LogP contribution in [-0.2, 0) is 19.3 Å². The van der Waals surface area contributed by atoms with E-state index >= 15 is 0 Å². The van der Waals surface area contributed by atoms with Crippen molar-refractivity contribution in [2.24, 2.45) is 0 Å². The van der Waals surface area contributed by atoms with Crippen LogP contribution in [0.2, 0.25) is 5.28 Å². The first-order valence-corrected chi connectivity index (χ1v) is 8.72. The fourth-order valence-corrected chi connectivity index (χ4v) is 3.21. The average Bonchev–Trinajstić information content (AvgIpc) is 3.03. The zero-order chi connectivity index (χ0) is 20.6. The van der Waals surface area contributed by atoms with E-state index in [9.17, 15) is 18.0 Å². The molecule has 2 aromatic rings. The molecule has 1 aromatic carbocycles. The van der Waals surface area contributed by atoms with Crippen molar-refractivity contribution < 1.29 is 18.0 Å². The number of nitrogens with one attached hydrogen (secondary N) is 2. The Hall–Kier alpha value is -2.75. The summed E-state index contributed by atoms with van der Waals surface area (Å²) in [6.07, 6.45) is -4.50. The van der Waals surface area contributed by atoms with Gasteiger partial charge < -0.3 is 21.3 Å². The maximum Gasteiger partial charge on any atom is 0.416 e. The van der Waals surface area contributed by atoms with E-state index in [4.69, 9.17) is 17.3 Å². The number of benzene rings is 1. The molecule has 150 valence electrons. The van der Waals surface area contributed by atoms with E-state index in [1.165, 1.54) is 18.0 Å². The highest BCUT2D eigenvalue weighted by molar-refractivity contribution is 6.28. The van der Waals surface area contributed by atoms with E-state index in [1.807, 2.05) is 0 Å². The summed E-state index contributed by atoms with van der Waals surface area (Å²) in [5, 5.41) is 5.58. The Balaban J connectivity index is 1.90. The number of halogens is 4. The number of hydrogen-bond acceptors (Lipinski definition) is 5. The van der Waals surface area contributed by atoms with Crippen LogP contribution in [0.15, 0.2) is 18.2 Å². The van der Waals surface area contributed by atoms with Crippen LogP contribution in [0.5, 0.6) is 0 Å². The van der Waals surface area contributed by atoms with Crippen molar-refractivity contribution in [2.75, 3.05) is 18.1 Å². The van der Waals surface area contributed by atoms with Crippen LogP contribution in [0.1, 0.15) is 35.3 Å². The van der Waals surface area contributed by atoms with Gasteiger partial charge in [-0.25, -0.2) is 14.8 Å². The standard InChI is InChI=1S/C17H18ClF3N6O/c1-8(9-3-10(17(19,20)21)5-11(22)4-9)24-14-12-6-27(16(28)23-2)7-13(12)25-15(18)26-14/h3-5,8H,6-7,22H2,1-2H3,(H,23,28)(H,24,25,26)/t8-/m1/s1. The number of alkyl halides is 3. The first-order chi connectivity index (χ1) is 13.1. The number of nitrogens with two attached hydrogens (primary N) is 1. The van der Waals surface area contributed by atoms with Crippen LogP contribution >= 0.6 is 11.6 Å². The molecule has 4 N–H and O–H groups in total. The SMILES string of the molecule is CNC(=O)N1Cc2nc(Cl)nc(N[C@H](C)c3cc(N)cc(C(F)(F)F)c3)c2C1. The van der Waals surface area contributed by atoms with Gasteiger partial charge in [-0.1, -0.05) is 0 Å². The van der Waals surface area contributed by atoms with Gasteiger partial charge in [0.05, 0.1) is 30.4 Å². The number of amides is 2. The first kappa shape index (κ1) is 20.0. The Kier molecular flexibility index (Phi) is 5.24. The van der Waals surface area contributed by atoms with Crippen molar-refractivity contribution in [3.8, 4) is 0 Å². The number of hydrogen-bond donors (Lipinski definition) is 3. The topological polar surface area (TPSA) is 96.2 Å². The summed E-state index contributed by atoms with van der Waals surface area (Å²) in [4.78, 5) is 21.7. The normalized spacial score (nSPS) is 14.6. The van der Waals surface area contributed by atoms with E-state index < -0.39 is 17.8 Å². The molecule has 0 fully saturated rings. The molecular formula is C17H18ClF3N6O. The van der Waals surface area contributed by atoms with Crippen molar-refractivity contribution in [1.29, 1.82) is 0 Å². The molecule has 7 nitrogen and oxygen atoms in total. The van der Waals surface area contributed by atoms with Crippen LogP contribution in [0.4, 0.5) is 29.5 Å². The van der Waals surface area contributed by atoms with Gasteiger partial charge in [0.15, 0.2) is 0 Å². The van der Waals surface area contributed by atoms with Gasteiger partial charge in [-0.05, 0) is 42.3 Å². The van der Waals surface area contributed by atoms with Gasteiger partial charge in [0.25, 0.3) is 0 Å². The van der Waals surface area contributed by atoms with E-state index in [1.54, 1.807) is 6.92 Å². The van der Waals surface area contributed by atoms with Gasteiger partial charge in [-0.3, -0.25) is 0 Å². The lowest BCUT2D eigenvalue weighted by Crippen LogP contribution is -2.33. The smallest absolute Gasteiger partial charge is 0.399 e. The first-order valence-electron chi connectivity index (χ1n) is 8.34. The van der Waals surface area contributed by atoms with Crippen molar-refractivity contribution >= 4 is 29.1 Å². The summed E-state index contributed by atoms with van der Waals surface area (Å²) in [5.41, 5.74) is 6.42. The lowest BCUT2D eigenvalue weighted by molar-refractivity contribution is -0.137. The summed E-state index contributed by atoms with van der Waals surface area (Å²) < 4.78 is 39.2. The Morgan fingerprint density at radius 1 is 1.29 bits per heavy atom. The van der Waals surface area contributed by atoms with Gasteiger partial charge >= 0.3 is 12.2 Å². The number of anilines is 2. The highest BCUT2D eigenvalue weighted by Crippen LogP contribution is 2.34. The Morgan fingerprint density at radius 3 is 2.64 bits per heavy atom. The second-order valence-electron chi connectivity index (χ2n) is 6.43. The number of aromatic nitrogens is 2. The molecule has 0 unspecified atom stereocenters. The number of rotatable bonds is 3. The molecule has 1 atom stereocenters. The second-order valence-corrected chi connectivity index (χ2v) is 6.77. The average molecular weight is 415 g/mol. The quantitative estimate of drug-likeness (QED) is 0.527. The van der Waals surface area contributed by atoms with E-state index in [0.29, 0.717) is 22.6 Å². The zero-order valence-electron chi connectivity index (χ0n) is 15.1. The molecule has 1 aliphatic rings. The highest BCUT2D eigenvalue weighted by atomic mass is 35.5. The van der Waals surface area contributed by atoms with E-state index in [0.717, 1.165) is 12.1 Å². The molecule has 1 aliphatic heterocycles. The molecule has 28 heavy (non-hydrogen) atoms. The van der Waals surface area contributed by atoms with Crippen LogP contribution < -0.4 is 16.4 Å². The summed E-state index contributed by atoms with van der Waals surface area (Å²) in [6, 6.07) is 2.56. The lowest BCUT2D eigenvalue weighted by atomic mass is 10.0. The summed E-state index contributed by atoms with van der Waals surface area (Å²) in [6.45, 7) is 2.20. The third-order valence-corrected chi connectivity index (χ3v) is 4.58. The third kappa shape index (κ3) is 4.06. The van der Waals surface area contributed by atoms with Crippen LogP contribution in [0.25, 0.3) is 0 Å². The molecule has 3 rings (SSSR count).